The highest BCUT2D eigenvalue weighted by Gasteiger charge is 2.47. The first kappa shape index (κ1) is 22.3. The van der Waals surface area contributed by atoms with E-state index in [2.05, 4.69) is 0 Å². The molecule has 0 N–H and O–H groups in total. The number of anilines is 2. The maximum absolute atomic E-state index is 12.8. The van der Waals surface area contributed by atoms with E-state index in [4.69, 9.17) is 16.3 Å². The summed E-state index contributed by atoms with van der Waals surface area (Å²) in [4.78, 5) is 53.6. The molecule has 3 atom stereocenters. The summed E-state index contributed by atoms with van der Waals surface area (Å²) >= 11 is 6.18. The number of benzene rings is 2. The van der Waals surface area contributed by atoms with E-state index in [9.17, 15) is 19.2 Å². The van der Waals surface area contributed by atoms with Gasteiger partial charge in [0, 0.05) is 23.7 Å². The van der Waals surface area contributed by atoms with Gasteiger partial charge in [0.1, 0.15) is 5.75 Å². The summed E-state index contributed by atoms with van der Waals surface area (Å²) in [5, 5.41) is 0.557. The highest BCUT2D eigenvalue weighted by molar-refractivity contribution is 6.31. The highest BCUT2D eigenvalue weighted by atomic mass is 35.5. The Morgan fingerprint density at radius 3 is 2.26 bits per heavy atom. The minimum atomic E-state index is -0.608. The van der Waals surface area contributed by atoms with Crippen LogP contribution in [0.25, 0.3) is 0 Å². The van der Waals surface area contributed by atoms with E-state index in [0.717, 1.165) is 5.56 Å². The molecular weight excluding hydrogens is 456 g/mol. The Morgan fingerprint density at radius 2 is 1.62 bits per heavy atom. The number of allylic oxidation sites excluding steroid dienone is 2. The average Bonchev–Trinajstić information content (AvgIpc) is 3.34. The molecule has 174 valence electrons. The number of fused-ring (bicyclic) bond motifs is 1. The monoisotopic (exact) mass is 478 g/mol. The van der Waals surface area contributed by atoms with E-state index in [0.29, 0.717) is 29.2 Å². The van der Waals surface area contributed by atoms with Crippen molar-refractivity contribution in [3.8, 4) is 5.75 Å². The number of esters is 1. The minimum absolute atomic E-state index is 0.0520. The first-order chi connectivity index (χ1) is 16.3. The van der Waals surface area contributed by atoms with Crippen molar-refractivity contribution in [1.29, 1.82) is 0 Å². The molecule has 0 aromatic heterocycles. The predicted octanol–water partition coefficient (Wildman–Crippen LogP) is 4.06. The molecule has 8 heteroatoms. The number of carbonyl (C=O) groups excluding carboxylic acids is 4. The predicted molar refractivity (Wildman–Crippen MR) is 127 cm³/mol. The third-order valence-corrected chi connectivity index (χ3v) is 7.22. The van der Waals surface area contributed by atoms with Gasteiger partial charge in [-0.25, -0.2) is 0 Å². The molecule has 5 rings (SSSR count). The lowest BCUT2D eigenvalue weighted by Crippen LogP contribution is -2.30. The van der Waals surface area contributed by atoms with Crippen LogP contribution in [0.2, 0.25) is 5.02 Å². The summed E-state index contributed by atoms with van der Waals surface area (Å²) in [6.07, 6.45) is 5.10. The molecule has 2 aliphatic heterocycles. The van der Waals surface area contributed by atoms with Crippen molar-refractivity contribution in [2.24, 2.45) is 17.8 Å². The summed E-state index contributed by atoms with van der Waals surface area (Å²) in [5.74, 6) is -1.98. The normalized spacial score (nSPS) is 24.1. The van der Waals surface area contributed by atoms with E-state index in [1.54, 1.807) is 47.4 Å². The van der Waals surface area contributed by atoms with Crippen LogP contribution < -0.4 is 14.5 Å². The maximum atomic E-state index is 12.8. The lowest BCUT2D eigenvalue weighted by Gasteiger charge is -2.19. The van der Waals surface area contributed by atoms with Crippen molar-refractivity contribution >= 4 is 46.7 Å². The largest absolute Gasteiger partial charge is 0.426 e. The van der Waals surface area contributed by atoms with Crippen molar-refractivity contribution < 1.29 is 23.9 Å². The van der Waals surface area contributed by atoms with E-state index >= 15 is 0 Å². The van der Waals surface area contributed by atoms with Crippen molar-refractivity contribution in [1.82, 2.24) is 0 Å². The molecule has 0 radical (unpaired) electrons. The number of carbonyl (C=O) groups is 4. The number of halogens is 1. The van der Waals surface area contributed by atoms with Gasteiger partial charge in [-0.05, 0) is 61.7 Å². The summed E-state index contributed by atoms with van der Waals surface area (Å²) in [6, 6.07) is 11.7. The zero-order valence-corrected chi connectivity index (χ0v) is 19.3. The molecular formula is C26H23ClN2O5. The zero-order chi connectivity index (χ0) is 24.0. The molecule has 0 spiro atoms. The lowest BCUT2D eigenvalue weighted by atomic mass is 9.85. The van der Waals surface area contributed by atoms with Gasteiger partial charge in [-0.3, -0.25) is 24.1 Å². The van der Waals surface area contributed by atoms with Crippen LogP contribution in [0.15, 0.2) is 54.6 Å². The van der Waals surface area contributed by atoms with Gasteiger partial charge in [0.25, 0.3) is 0 Å². The third-order valence-electron chi connectivity index (χ3n) is 6.81. The highest BCUT2D eigenvalue weighted by Crippen LogP contribution is 2.38. The smallest absolute Gasteiger partial charge is 0.316 e. The Bertz CT molecular complexity index is 1200. The number of amides is 3. The van der Waals surface area contributed by atoms with Crippen LogP contribution in [0.1, 0.15) is 24.8 Å². The Balaban J connectivity index is 1.25. The topological polar surface area (TPSA) is 84.0 Å². The van der Waals surface area contributed by atoms with Gasteiger partial charge >= 0.3 is 5.97 Å². The maximum Gasteiger partial charge on any atom is 0.316 e. The molecule has 34 heavy (non-hydrogen) atoms. The number of imide groups is 1. The second kappa shape index (κ2) is 8.72. The standard InChI is InChI=1S/C26H23ClN2O5/c1-15-21(27)7-4-8-22(15)28-14-16(13-23(28)30)26(33)34-18-11-9-17(10-12-18)29-24(31)19-5-2-3-6-20(19)25(29)32/h2-4,7-12,16,19-20H,5-6,13-14H2,1H3/t16-,19-,20+/m0/s1. The van der Waals surface area contributed by atoms with E-state index in [1.165, 1.54) is 4.90 Å². The average molecular weight is 479 g/mol. The zero-order valence-electron chi connectivity index (χ0n) is 18.6. The number of hydrogen-bond acceptors (Lipinski definition) is 5. The summed E-state index contributed by atoms with van der Waals surface area (Å²) in [5.41, 5.74) is 1.93. The van der Waals surface area contributed by atoms with Crippen LogP contribution in [-0.2, 0) is 19.2 Å². The van der Waals surface area contributed by atoms with Gasteiger partial charge in [0.15, 0.2) is 0 Å². The quantitative estimate of drug-likeness (QED) is 0.286. The van der Waals surface area contributed by atoms with Gasteiger partial charge in [0.05, 0.1) is 23.4 Å². The molecule has 2 aromatic carbocycles. The third kappa shape index (κ3) is 3.80. The van der Waals surface area contributed by atoms with Crippen LogP contribution in [0, 0.1) is 24.7 Å². The van der Waals surface area contributed by atoms with Crippen molar-refractivity contribution in [2.75, 3.05) is 16.3 Å². The number of rotatable bonds is 4. The molecule has 7 nitrogen and oxygen atoms in total. The van der Waals surface area contributed by atoms with Crippen molar-refractivity contribution in [2.45, 2.75) is 26.2 Å². The Morgan fingerprint density at radius 1 is 0.971 bits per heavy atom. The van der Waals surface area contributed by atoms with Crippen LogP contribution in [0.4, 0.5) is 11.4 Å². The molecule has 2 saturated heterocycles. The fourth-order valence-corrected chi connectivity index (χ4v) is 5.07. The minimum Gasteiger partial charge on any atom is -0.426 e. The van der Waals surface area contributed by atoms with Crippen LogP contribution in [0.5, 0.6) is 5.75 Å². The van der Waals surface area contributed by atoms with E-state index < -0.39 is 11.9 Å². The number of nitrogens with zero attached hydrogens (tertiary/aromatic N) is 2. The van der Waals surface area contributed by atoms with Gasteiger partial charge in [-0.15, -0.1) is 0 Å². The molecule has 0 bridgehead atoms. The number of hydrogen-bond donors (Lipinski definition) is 0. The molecule has 2 fully saturated rings. The van der Waals surface area contributed by atoms with E-state index in [-0.39, 0.29) is 48.3 Å². The summed E-state index contributed by atoms with van der Waals surface area (Å²) in [6.45, 7) is 2.05. The summed E-state index contributed by atoms with van der Waals surface area (Å²) in [7, 11) is 0. The van der Waals surface area contributed by atoms with Gasteiger partial charge in [0.2, 0.25) is 17.7 Å². The molecule has 3 amide bonds. The second-order valence-corrected chi connectivity index (χ2v) is 9.28. The van der Waals surface area contributed by atoms with Crippen LogP contribution in [0.3, 0.4) is 0 Å². The molecule has 0 saturated carbocycles. The fraction of sp³-hybridized carbons (Fsp3) is 0.308. The van der Waals surface area contributed by atoms with Crippen molar-refractivity contribution in [3.63, 3.8) is 0 Å². The molecule has 2 heterocycles. The Labute approximate surface area is 201 Å². The van der Waals surface area contributed by atoms with Crippen LogP contribution in [-0.4, -0.2) is 30.2 Å². The van der Waals surface area contributed by atoms with E-state index in [1.807, 2.05) is 19.1 Å². The van der Waals surface area contributed by atoms with Gasteiger partial charge < -0.3 is 9.64 Å². The molecule has 0 unspecified atom stereocenters. The first-order valence-corrected chi connectivity index (χ1v) is 11.6. The first-order valence-electron chi connectivity index (χ1n) is 11.2. The van der Waals surface area contributed by atoms with Gasteiger partial charge in [-0.2, -0.15) is 0 Å². The lowest BCUT2D eigenvalue weighted by molar-refractivity contribution is -0.139. The Hall–Kier alpha value is -3.45. The summed E-state index contributed by atoms with van der Waals surface area (Å²) < 4.78 is 5.51. The second-order valence-electron chi connectivity index (χ2n) is 8.87. The Kier molecular flexibility index (Phi) is 5.73. The fourth-order valence-electron chi connectivity index (χ4n) is 4.90. The molecule has 1 aliphatic carbocycles. The molecule has 2 aromatic rings. The van der Waals surface area contributed by atoms with Crippen molar-refractivity contribution in [3.05, 3.63) is 65.2 Å². The van der Waals surface area contributed by atoms with Gasteiger partial charge in [-0.1, -0.05) is 29.8 Å². The van der Waals surface area contributed by atoms with Crippen LogP contribution >= 0.6 is 11.6 Å². The molecule has 3 aliphatic rings. The SMILES string of the molecule is Cc1c(Cl)cccc1N1C[C@@H](C(=O)Oc2ccc(N3C(=O)[C@H]4CC=CC[C@H]4C3=O)cc2)CC1=O. The number of ether oxygens (including phenoxy) is 1.